The molecule has 2 heterocycles. The minimum Gasteiger partial charge on any atom is -0.253 e. The van der Waals surface area contributed by atoms with Gasteiger partial charge in [0, 0.05) is 11.6 Å². The van der Waals surface area contributed by atoms with Gasteiger partial charge in [-0.1, -0.05) is 30.1 Å². The van der Waals surface area contributed by atoms with Crippen molar-refractivity contribution in [3.05, 3.63) is 28.1 Å². The molecule has 0 bridgehead atoms. The molecule has 0 saturated heterocycles. The number of halogens is 2. The van der Waals surface area contributed by atoms with Crippen LogP contribution in [0.4, 0.5) is 0 Å². The van der Waals surface area contributed by atoms with E-state index in [0.717, 1.165) is 17.4 Å². The summed E-state index contributed by atoms with van der Waals surface area (Å²) in [6.07, 6.45) is 2.67. The third-order valence-electron chi connectivity index (χ3n) is 2.00. The zero-order valence-corrected chi connectivity index (χ0v) is 8.97. The Labute approximate surface area is 91.1 Å². The monoisotopic (exact) mass is 227 g/mol. The molecule has 0 radical (unpaired) electrons. The average molecular weight is 228 g/mol. The maximum absolute atomic E-state index is 5.89. The second-order valence-electron chi connectivity index (χ2n) is 2.87. The van der Waals surface area contributed by atoms with Crippen molar-refractivity contribution in [2.24, 2.45) is 0 Å². The van der Waals surface area contributed by atoms with E-state index in [-0.39, 0.29) is 5.15 Å². The van der Waals surface area contributed by atoms with Crippen molar-refractivity contribution >= 4 is 34.1 Å². The Bertz CT molecular complexity index is 485. The lowest BCUT2D eigenvalue weighted by molar-refractivity contribution is 1.04. The van der Waals surface area contributed by atoms with Gasteiger partial charge in [-0.15, -0.1) is 10.2 Å². The van der Waals surface area contributed by atoms with E-state index < -0.39 is 0 Å². The van der Waals surface area contributed by atoms with Crippen LogP contribution in [0.2, 0.25) is 10.3 Å². The van der Waals surface area contributed by atoms with Crippen LogP contribution < -0.4 is 0 Å². The summed E-state index contributed by atoms with van der Waals surface area (Å²) in [5.41, 5.74) is 1.70. The van der Waals surface area contributed by atoms with Gasteiger partial charge in [0.2, 0.25) is 0 Å². The number of pyridine rings is 1. The molecule has 0 N–H and O–H groups in total. The second kappa shape index (κ2) is 3.67. The number of aryl methyl sites for hydroxylation is 1. The zero-order chi connectivity index (χ0) is 10.1. The van der Waals surface area contributed by atoms with E-state index in [1.165, 1.54) is 0 Å². The summed E-state index contributed by atoms with van der Waals surface area (Å²) in [4.78, 5) is 4.19. The van der Waals surface area contributed by atoms with Crippen LogP contribution in [0.25, 0.3) is 10.9 Å². The summed E-state index contributed by atoms with van der Waals surface area (Å²) in [5.74, 6) is 0. The highest BCUT2D eigenvalue weighted by Crippen LogP contribution is 2.24. The van der Waals surface area contributed by atoms with Crippen molar-refractivity contribution in [1.82, 2.24) is 15.2 Å². The molecule has 0 aromatic carbocycles. The summed E-state index contributed by atoms with van der Waals surface area (Å²) in [6.45, 7) is 2.05. The van der Waals surface area contributed by atoms with Crippen LogP contribution in [0.1, 0.15) is 12.5 Å². The first-order valence-corrected chi connectivity index (χ1v) is 4.94. The number of aromatic nitrogens is 3. The standard InChI is InChI=1S/C9H7Cl2N3/c1-2-5-3-6-7(12-4-5)9(11)14-13-8(6)10/h3-4H,2H2,1H3. The molecular weight excluding hydrogens is 221 g/mol. The Balaban J connectivity index is 2.80. The number of fused-ring (bicyclic) bond motifs is 1. The smallest absolute Gasteiger partial charge is 0.178 e. The van der Waals surface area contributed by atoms with Crippen LogP contribution in [-0.2, 0) is 6.42 Å². The summed E-state index contributed by atoms with van der Waals surface area (Å²) in [6, 6.07) is 1.94. The van der Waals surface area contributed by atoms with E-state index >= 15 is 0 Å². The number of hydrogen-bond donors (Lipinski definition) is 0. The topological polar surface area (TPSA) is 38.7 Å². The van der Waals surface area contributed by atoms with E-state index in [2.05, 4.69) is 15.2 Å². The van der Waals surface area contributed by atoms with Gasteiger partial charge < -0.3 is 0 Å². The molecule has 0 saturated carbocycles. The Morgan fingerprint density at radius 2 is 1.93 bits per heavy atom. The van der Waals surface area contributed by atoms with Crippen molar-refractivity contribution in [3.8, 4) is 0 Å². The molecule has 0 amide bonds. The molecule has 2 rings (SSSR count). The quantitative estimate of drug-likeness (QED) is 0.753. The Morgan fingerprint density at radius 1 is 1.21 bits per heavy atom. The fraction of sp³-hybridized carbons (Fsp3) is 0.222. The van der Waals surface area contributed by atoms with Crippen LogP contribution in [0.3, 0.4) is 0 Å². The predicted octanol–water partition coefficient (Wildman–Crippen LogP) is 2.89. The number of hydrogen-bond acceptors (Lipinski definition) is 3. The normalized spacial score (nSPS) is 10.8. The highest BCUT2D eigenvalue weighted by atomic mass is 35.5. The molecule has 3 nitrogen and oxygen atoms in total. The molecule has 0 atom stereocenters. The molecule has 72 valence electrons. The van der Waals surface area contributed by atoms with Crippen LogP contribution >= 0.6 is 23.2 Å². The van der Waals surface area contributed by atoms with Gasteiger partial charge in [-0.25, -0.2) is 0 Å². The van der Waals surface area contributed by atoms with Gasteiger partial charge >= 0.3 is 0 Å². The largest absolute Gasteiger partial charge is 0.253 e. The van der Waals surface area contributed by atoms with Gasteiger partial charge in [0.1, 0.15) is 5.52 Å². The van der Waals surface area contributed by atoms with Crippen molar-refractivity contribution < 1.29 is 0 Å². The number of nitrogens with zero attached hydrogens (tertiary/aromatic N) is 3. The third kappa shape index (κ3) is 1.53. The average Bonchev–Trinajstić information content (AvgIpc) is 2.23. The SMILES string of the molecule is CCc1cnc2c(Cl)nnc(Cl)c2c1. The van der Waals surface area contributed by atoms with E-state index in [0.29, 0.717) is 10.7 Å². The number of rotatable bonds is 1. The molecule has 0 aliphatic rings. The predicted molar refractivity (Wildman–Crippen MR) is 56.7 cm³/mol. The molecular formula is C9H7Cl2N3. The van der Waals surface area contributed by atoms with E-state index in [4.69, 9.17) is 23.2 Å². The minimum atomic E-state index is 0.284. The van der Waals surface area contributed by atoms with Crippen LogP contribution in [-0.4, -0.2) is 15.2 Å². The fourth-order valence-corrected chi connectivity index (χ4v) is 1.58. The first-order valence-electron chi connectivity index (χ1n) is 4.18. The van der Waals surface area contributed by atoms with Crippen molar-refractivity contribution in [2.75, 3.05) is 0 Å². The molecule has 0 unspecified atom stereocenters. The van der Waals surface area contributed by atoms with Gasteiger partial charge in [0.05, 0.1) is 0 Å². The zero-order valence-electron chi connectivity index (χ0n) is 7.46. The van der Waals surface area contributed by atoms with Gasteiger partial charge in [-0.2, -0.15) is 0 Å². The Hall–Kier alpha value is -0.930. The van der Waals surface area contributed by atoms with E-state index in [1.807, 2.05) is 13.0 Å². The first kappa shape index (κ1) is 9.62. The van der Waals surface area contributed by atoms with Gasteiger partial charge in [0.15, 0.2) is 10.3 Å². The Kier molecular flexibility index (Phi) is 2.52. The summed E-state index contributed by atoms with van der Waals surface area (Å²) in [7, 11) is 0. The highest BCUT2D eigenvalue weighted by Gasteiger charge is 2.07. The summed E-state index contributed by atoms with van der Waals surface area (Å²) >= 11 is 11.7. The van der Waals surface area contributed by atoms with Gasteiger partial charge in [0.25, 0.3) is 0 Å². The van der Waals surface area contributed by atoms with Crippen molar-refractivity contribution in [2.45, 2.75) is 13.3 Å². The van der Waals surface area contributed by atoms with E-state index in [9.17, 15) is 0 Å². The highest BCUT2D eigenvalue weighted by molar-refractivity contribution is 6.37. The molecule has 2 aromatic heterocycles. The summed E-state index contributed by atoms with van der Waals surface area (Å²) < 4.78 is 0. The lowest BCUT2D eigenvalue weighted by Gasteiger charge is -2.01. The maximum Gasteiger partial charge on any atom is 0.178 e. The summed E-state index contributed by atoms with van der Waals surface area (Å²) in [5, 5.41) is 8.79. The molecule has 0 spiro atoms. The van der Waals surface area contributed by atoms with Gasteiger partial charge in [-0.05, 0) is 18.1 Å². The van der Waals surface area contributed by atoms with Crippen LogP contribution in [0.15, 0.2) is 12.3 Å². The molecule has 0 fully saturated rings. The van der Waals surface area contributed by atoms with Gasteiger partial charge in [-0.3, -0.25) is 4.98 Å². The molecule has 2 aromatic rings. The molecule has 5 heteroatoms. The lowest BCUT2D eigenvalue weighted by Crippen LogP contribution is -1.91. The third-order valence-corrected chi connectivity index (χ3v) is 2.53. The maximum atomic E-state index is 5.89. The molecule has 14 heavy (non-hydrogen) atoms. The van der Waals surface area contributed by atoms with Crippen LogP contribution in [0, 0.1) is 0 Å². The lowest BCUT2D eigenvalue weighted by atomic mass is 10.2. The van der Waals surface area contributed by atoms with Crippen molar-refractivity contribution in [1.29, 1.82) is 0 Å². The molecule has 0 aliphatic heterocycles. The van der Waals surface area contributed by atoms with Crippen molar-refractivity contribution in [3.63, 3.8) is 0 Å². The minimum absolute atomic E-state index is 0.284. The second-order valence-corrected chi connectivity index (χ2v) is 3.59. The molecule has 0 aliphatic carbocycles. The van der Waals surface area contributed by atoms with E-state index in [1.54, 1.807) is 6.20 Å². The van der Waals surface area contributed by atoms with Crippen LogP contribution in [0.5, 0.6) is 0 Å². The Morgan fingerprint density at radius 3 is 2.64 bits per heavy atom. The first-order chi connectivity index (χ1) is 6.72. The fourth-order valence-electron chi connectivity index (χ4n) is 1.21.